The maximum Gasteiger partial charge on any atom is 0.288 e. The van der Waals surface area contributed by atoms with Gasteiger partial charge in [0.1, 0.15) is 10.8 Å². The molecule has 0 atom stereocenters. The van der Waals surface area contributed by atoms with Gasteiger partial charge < -0.3 is 5.32 Å². The topological polar surface area (TPSA) is 42.0 Å². The average Bonchev–Trinajstić information content (AvgIpc) is 2.40. The molecule has 0 bridgehead atoms. The van der Waals surface area contributed by atoms with Crippen molar-refractivity contribution in [2.24, 2.45) is 0 Å². The molecule has 0 unspecified atom stereocenters. The highest BCUT2D eigenvalue weighted by atomic mass is 35.5. The van der Waals surface area contributed by atoms with Crippen molar-refractivity contribution >= 4 is 35.0 Å². The molecule has 2 rings (SSSR count). The third-order valence-corrected chi connectivity index (χ3v) is 3.30. The monoisotopic (exact) mass is 314 g/mol. The number of pyridine rings is 1. The molecule has 1 aromatic carbocycles. The highest BCUT2D eigenvalue weighted by Gasteiger charge is 2.13. The van der Waals surface area contributed by atoms with Crippen molar-refractivity contribution in [3.8, 4) is 0 Å². The number of rotatable bonds is 4. The lowest BCUT2D eigenvalue weighted by atomic mass is 10.3. The number of hydrogen-bond donors (Lipinski definition) is 1. The molecule has 0 spiro atoms. The Kier molecular flexibility index (Phi) is 4.92. The first-order valence-corrected chi connectivity index (χ1v) is 6.80. The molecule has 2 aromatic rings. The summed E-state index contributed by atoms with van der Waals surface area (Å²) in [6.45, 7) is 0. The minimum atomic E-state index is -2.56. The number of benzene rings is 1. The SMILES string of the molecule is O=C(Nc1ccccc1SC(F)F)c1cccc(Cl)n1. The maximum absolute atomic E-state index is 12.4. The summed E-state index contributed by atoms with van der Waals surface area (Å²) in [4.78, 5) is 16.1. The number of hydrogen-bond acceptors (Lipinski definition) is 3. The number of nitrogens with one attached hydrogen (secondary N) is 1. The van der Waals surface area contributed by atoms with Gasteiger partial charge in [-0.05, 0) is 24.3 Å². The van der Waals surface area contributed by atoms with Gasteiger partial charge in [0.2, 0.25) is 0 Å². The molecule has 0 radical (unpaired) electrons. The van der Waals surface area contributed by atoms with Crippen LogP contribution in [0.5, 0.6) is 0 Å². The van der Waals surface area contributed by atoms with E-state index >= 15 is 0 Å². The molecule has 0 saturated heterocycles. The Morgan fingerprint density at radius 2 is 1.95 bits per heavy atom. The van der Waals surface area contributed by atoms with Crippen molar-refractivity contribution < 1.29 is 13.6 Å². The number of halogens is 3. The average molecular weight is 315 g/mol. The second-order valence-electron chi connectivity index (χ2n) is 3.67. The van der Waals surface area contributed by atoms with Gasteiger partial charge in [-0.2, -0.15) is 8.78 Å². The van der Waals surface area contributed by atoms with Crippen LogP contribution < -0.4 is 5.32 Å². The van der Waals surface area contributed by atoms with Crippen LogP contribution in [0.2, 0.25) is 5.15 Å². The fourth-order valence-electron chi connectivity index (χ4n) is 1.49. The molecular weight excluding hydrogens is 306 g/mol. The van der Waals surface area contributed by atoms with Crippen molar-refractivity contribution in [2.75, 3.05) is 5.32 Å². The summed E-state index contributed by atoms with van der Waals surface area (Å²) < 4.78 is 24.9. The van der Waals surface area contributed by atoms with Gasteiger partial charge in [0.25, 0.3) is 11.7 Å². The van der Waals surface area contributed by atoms with Crippen LogP contribution in [0.15, 0.2) is 47.4 Å². The van der Waals surface area contributed by atoms with E-state index in [9.17, 15) is 13.6 Å². The van der Waals surface area contributed by atoms with Crippen molar-refractivity contribution in [3.63, 3.8) is 0 Å². The van der Waals surface area contributed by atoms with Crippen molar-refractivity contribution in [1.29, 1.82) is 0 Å². The van der Waals surface area contributed by atoms with Crippen LogP contribution in [0.25, 0.3) is 0 Å². The largest absolute Gasteiger partial charge is 0.320 e. The second kappa shape index (κ2) is 6.67. The molecule has 1 amide bonds. The predicted octanol–water partition coefficient (Wildman–Crippen LogP) is 4.30. The summed E-state index contributed by atoms with van der Waals surface area (Å²) in [6, 6.07) is 11.0. The van der Waals surface area contributed by atoms with Crippen molar-refractivity contribution in [2.45, 2.75) is 10.7 Å². The summed E-state index contributed by atoms with van der Waals surface area (Å²) in [5.41, 5.74) is 0.430. The number of aromatic nitrogens is 1. The zero-order valence-corrected chi connectivity index (χ0v) is 11.6. The minimum absolute atomic E-state index is 0.120. The number of anilines is 1. The standard InChI is InChI=1S/C13H9ClF2N2OS/c14-11-7-3-5-9(17-11)12(19)18-8-4-1-2-6-10(8)20-13(15)16/h1-7,13H,(H,18,19). The molecular formula is C13H9ClF2N2OS. The minimum Gasteiger partial charge on any atom is -0.320 e. The zero-order chi connectivity index (χ0) is 14.5. The number of alkyl halides is 2. The van der Waals surface area contributed by atoms with Crippen LogP contribution in [0, 0.1) is 0 Å². The van der Waals surface area contributed by atoms with Gasteiger partial charge in [-0.15, -0.1) is 0 Å². The van der Waals surface area contributed by atoms with E-state index in [-0.39, 0.29) is 15.7 Å². The van der Waals surface area contributed by atoms with E-state index in [1.165, 1.54) is 12.1 Å². The van der Waals surface area contributed by atoms with E-state index < -0.39 is 11.7 Å². The highest BCUT2D eigenvalue weighted by Crippen LogP contribution is 2.31. The Bertz CT molecular complexity index is 625. The molecule has 20 heavy (non-hydrogen) atoms. The van der Waals surface area contributed by atoms with E-state index in [0.29, 0.717) is 17.4 Å². The summed E-state index contributed by atoms with van der Waals surface area (Å²) in [6.07, 6.45) is 0. The first-order chi connectivity index (χ1) is 9.56. The van der Waals surface area contributed by atoms with Gasteiger partial charge in [-0.3, -0.25) is 4.79 Å². The lowest BCUT2D eigenvalue weighted by Crippen LogP contribution is -2.14. The highest BCUT2D eigenvalue weighted by molar-refractivity contribution is 7.99. The fraction of sp³-hybridized carbons (Fsp3) is 0.0769. The van der Waals surface area contributed by atoms with Crippen LogP contribution in [-0.4, -0.2) is 16.6 Å². The summed E-state index contributed by atoms with van der Waals surface area (Å²) in [5, 5.41) is 2.73. The van der Waals surface area contributed by atoms with Gasteiger partial charge in [0, 0.05) is 4.90 Å². The second-order valence-corrected chi connectivity index (χ2v) is 5.09. The van der Waals surface area contributed by atoms with Gasteiger partial charge in [-0.1, -0.05) is 41.6 Å². The molecule has 3 nitrogen and oxygen atoms in total. The normalized spacial score (nSPS) is 10.6. The number of carbonyl (C=O) groups is 1. The quantitative estimate of drug-likeness (QED) is 0.675. The Hall–Kier alpha value is -1.66. The summed E-state index contributed by atoms with van der Waals surface area (Å²) >= 11 is 6.07. The molecule has 1 N–H and O–H groups in total. The number of thioether (sulfide) groups is 1. The molecule has 0 saturated carbocycles. The zero-order valence-electron chi connectivity index (χ0n) is 10.0. The van der Waals surface area contributed by atoms with E-state index in [0.717, 1.165) is 0 Å². The fourth-order valence-corrected chi connectivity index (χ4v) is 2.25. The first kappa shape index (κ1) is 14.7. The Morgan fingerprint density at radius 1 is 1.20 bits per heavy atom. The Balaban J connectivity index is 2.19. The van der Waals surface area contributed by atoms with Crippen LogP contribution in [0.4, 0.5) is 14.5 Å². The number of amides is 1. The van der Waals surface area contributed by atoms with Gasteiger partial charge >= 0.3 is 0 Å². The molecule has 1 heterocycles. The van der Waals surface area contributed by atoms with E-state index in [1.54, 1.807) is 30.3 Å². The lowest BCUT2D eigenvalue weighted by molar-refractivity contribution is 0.102. The number of nitrogens with zero attached hydrogens (tertiary/aromatic N) is 1. The third kappa shape index (κ3) is 3.91. The summed E-state index contributed by atoms with van der Waals surface area (Å²) in [5.74, 6) is -3.06. The van der Waals surface area contributed by atoms with Crippen LogP contribution in [0.3, 0.4) is 0 Å². The molecule has 104 valence electrons. The van der Waals surface area contributed by atoms with Crippen molar-refractivity contribution in [1.82, 2.24) is 4.98 Å². The first-order valence-electron chi connectivity index (χ1n) is 5.54. The van der Waals surface area contributed by atoms with Crippen LogP contribution in [0.1, 0.15) is 10.5 Å². The van der Waals surface area contributed by atoms with Gasteiger partial charge in [0.15, 0.2) is 0 Å². The van der Waals surface area contributed by atoms with Crippen LogP contribution in [-0.2, 0) is 0 Å². The Morgan fingerprint density at radius 3 is 2.65 bits per heavy atom. The van der Waals surface area contributed by atoms with Gasteiger partial charge in [0.05, 0.1) is 5.69 Å². The molecule has 7 heteroatoms. The molecule has 0 aliphatic heterocycles. The van der Waals surface area contributed by atoms with Crippen molar-refractivity contribution in [3.05, 3.63) is 53.3 Å². The van der Waals surface area contributed by atoms with Crippen LogP contribution >= 0.6 is 23.4 Å². The van der Waals surface area contributed by atoms with E-state index in [1.807, 2.05) is 0 Å². The maximum atomic E-state index is 12.4. The molecule has 0 aliphatic carbocycles. The smallest absolute Gasteiger partial charge is 0.288 e. The number of para-hydroxylation sites is 1. The molecule has 0 aliphatic rings. The van der Waals surface area contributed by atoms with E-state index in [2.05, 4.69) is 10.3 Å². The Labute approximate surface area is 123 Å². The molecule has 0 fully saturated rings. The lowest BCUT2D eigenvalue weighted by Gasteiger charge is -2.10. The molecule has 1 aromatic heterocycles. The van der Waals surface area contributed by atoms with Gasteiger partial charge in [-0.25, -0.2) is 4.98 Å². The number of carbonyl (C=O) groups excluding carboxylic acids is 1. The summed E-state index contributed by atoms with van der Waals surface area (Å²) in [7, 11) is 0. The van der Waals surface area contributed by atoms with E-state index in [4.69, 9.17) is 11.6 Å². The predicted molar refractivity (Wildman–Crippen MR) is 75.5 cm³/mol. The third-order valence-electron chi connectivity index (χ3n) is 2.30.